The zero-order valence-electron chi connectivity index (χ0n) is 13.8. The van der Waals surface area contributed by atoms with Crippen molar-refractivity contribution < 1.29 is 0 Å². The second-order valence-electron chi connectivity index (χ2n) is 6.57. The van der Waals surface area contributed by atoms with E-state index in [0.717, 1.165) is 23.6 Å². The molecule has 0 spiro atoms. The number of rotatable bonds is 4. The van der Waals surface area contributed by atoms with Crippen molar-refractivity contribution >= 4 is 11.4 Å². The molecule has 0 aliphatic carbocycles. The zero-order valence-corrected chi connectivity index (χ0v) is 13.8. The van der Waals surface area contributed by atoms with Crippen molar-refractivity contribution in [1.29, 1.82) is 0 Å². The maximum Gasteiger partial charge on any atom is 0.0766 e. The fourth-order valence-electron chi connectivity index (χ4n) is 2.40. The van der Waals surface area contributed by atoms with E-state index in [2.05, 4.69) is 47.3 Å². The molecular formula is C16H25N5. The molecule has 0 saturated carbocycles. The smallest absolute Gasteiger partial charge is 0.0766 e. The first-order valence-corrected chi connectivity index (χ1v) is 7.17. The van der Waals surface area contributed by atoms with Gasteiger partial charge in [-0.3, -0.25) is 9.67 Å². The van der Waals surface area contributed by atoms with Crippen LogP contribution in [-0.2, 0) is 19.0 Å². The van der Waals surface area contributed by atoms with Crippen molar-refractivity contribution in [3.8, 4) is 0 Å². The van der Waals surface area contributed by atoms with Gasteiger partial charge in [0.2, 0.25) is 0 Å². The van der Waals surface area contributed by atoms with Crippen molar-refractivity contribution in [2.75, 3.05) is 24.3 Å². The number of pyridine rings is 1. The SMILES string of the molecule is CN(C)c1ccncc1NCc1cn(C)nc1C(C)(C)C. The van der Waals surface area contributed by atoms with Crippen LogP contribution in [0.5, 0.6) is 0 Å². The highest BCUT2D eigenvalue weighted by atomic mass is 15.3. The third kappa shape index (κ3) is 3.54. The minimum atomic E-state index is 0.0393. The van der Waals surface area contributed by atoms with Crippen LogP contribution in [0.1, 0.15) is 32.0 Å². The highest BCUT2D eigenvalue weighted by Gasteiger charge is 2.21. The van der Waals surface area contributed by atoms with Gasteiger partial charge in [0.25, 0.3) is 0 Å². The van der Waals surface area contributed by atoms with Crippen LogP contribution in [0, 0.1) is 0 Å². The van der Waals surface area contributed by atoms with Gasteiger partial charge in [-0.2, -0.15) is 5.10 Å². The predicted octanol–water partition coefficient (Wildman–Crippen LogP) is 2.79. The molecule has 0 saturated heterocycles. The van der Waals surface area contributed by atoms with Crippen molar-refractivity contribution in [2.45, 2.75) is 32.7 Å². The lowest BCUT2D eigenvalue weighted by Gasteiger charge is -2.20. The number of aryl methyl sites for hydroxylation is 1. The van der Waals surface area contributed by atoms with Crippen molar-refractivity contribution in [1.82, 2.24) is 14.8 Å². The molecule has 0 aromatic carbocycles. The Kier molecular flexibility index (Phi) is 4.21. The first-order valence-electron chi connectivity index (χ1n) is 7.17. The summed E-state index contributed by atoms with van der Waals surface area (Å²) in [4.78, 5) is 6.29. The van der Waals surface area contributed by atoms with Crippen molar-refractivity contribution in [3.05, 3.63) is 35.9 Å². The summed E-state index contributed by atoms with van der Waals surface area (Å²) in [6.45, 7) is 7.31. The molecule has 5 nitrogen and oxygen atoms in total. The van der Waals surface area contributed by atoms with Gasteiger partial charge in [-0.15, -0.1) is 0 Å². The quantitative estimate of drug-likeness (QED) is 0.939. The summed E-state index contributed by atoms with van der Waals surface area (Å²) >= 11 is 0. The van der Waals surface area contributed by atoms with Crippen LogP contribution in [0.15, 0.2) is 24.7 Å². The molecule has 1 N–H and O–H groups in total. The normalized spacial score (nSPS) is 11.5. The Labute approximate surface area is 127 Å². The average molecular weight is 287 g/mol. The second kappa shape index (κ2) is 5.76. The Balaban J connectivity index is 2.22. The topological polar surface area (TPSA) is 46.0 Å². The number of hydrogen-bond acceptors (Lipinski definition) is 4. The maximum absolute atomic E-state index is 4.60. The molecule has 0 aliphatic rings. The van der Waals surface area contributed by atoms with E-state index >= 15 is 0 Å². The van der Waals surface area contributed by atoms with Gasteiger partial charge < -0.3 is 10.2 Å². The largest absolute Gasteiger partial charge is 0.378 e. The summed E-state index contributed by atoms with van der Waals surface area (Å²) < 4.78 is 1.88. The Morgan fingerprint density at radius 1 is 1.29 bits per heavy atom. The molecule has 0 aliphatic heterocycles. The number of anilines is 2. The van der Waals surface area contributed by atoms with Crippen molar-refractivity contribution in [2.24, 2.45) is 7.05 Å². The first-order chi connectivity index (χ1) is 9.79. The Morgan fingerprint density at radius 2 is 2.00 bits per heavy atom. The Bertz CT molecular complexity index is 607. The molecular weight excluding hydrogens is 262 g/mol. The highest BCUT2D eigenvalue weighted by Crippen LogP contribution is 2.27. The third-order valence-electron chi connectivity index (χ3n) is 3.36. The van der Waals surface area contributed by atoms with E-state index in [1.54, 1.807) is 0 Å². The molecule has 0 radical (unpaired) electrons. The molecule has 2 heterocycles. The predicted molar refractivity (Wildman–Crippen MR) is 87.8 cm³/mol. The lowest BCUT2D eigenvalue weighted by molar-refractivity contribution is 0.549. The summed E-state index contributed by atoms with van der Waals surface area (Å²) in [5.41, 5.74) is 4.56. The second-order valence-corrected chi connectivity index (χ2v) is 6.57. The molecule has 114 valence electrons. The van der Waals surface area contributed by atoms with Crippen LogP contribution in [0.3, 0.4) is 0 Å². The van der Waals surface area contributed by atoms with E-state index in [-0.39, 0.29) is 5.41 Å². The molecule has 2 rings (SSSR count). The van der Waals surface area contributed by atoms with E-state index in [1.165, 1.54) is 5.56 Å². The monoisotopic (exact) mass is 287 g/mol. The molecule has 0 atom stereocenters. The third-order valence-corrected chi connectivity index (χ3v) is 3.36. The summed E-state index contributed by atoms with van der Waals surface area (Å²) in [5.74, 6) is 0. The lowest BCUT2D eigenvalue weighted by atomic mass is 9.89. The molecule has 2 aromatic heterocycles. The molecule has 0 bridgehead atoms. The van der Waals surface area contributed by atoms with E-state index in [0.29, 0.717) is 0 Å². The molecule has 21 heavy (non-hydrogen) atoms. The molecule has 2 aromatic rings. The van der Waals surface area contributed by atoms with Gasteiger partial charge in [-0.1, -0.05) is 20.8 Å². The first kappa shape index (κ1) is 15.4. The van der Waals surface area contributed by atoms with E-state index in [4.69, 9.17) is 0 Å². The Hall–Kier alpha value is -2.04. The molecule has 0 unspecified atom stereocenters. The van der Waals surface area contributed by atoms with Crippen LogP contribution in [-0.4, -0.2) is 28.9 Å². The van der Waals surface area contributed by atoms with E-state index < -0.39 is 0 Å². The van der Waals surface area contributed by atoms with Gasteiger partial charge in [0.1, 0.15) is 0 Å². The standard InChI is InChI=1S/C16H25N5/c1-16(2,3)15-12(11-21(6)19-15)9-18-13-10-17-8-7-14(13)20(4)5/h7-8,10-11,18H,9H2,1-6H3. The summed E-state index contributed by atoms with van der Waals surface area (Å²) in [5, 5.41) is 8.08. The van der Waals surface area contributed by atoms with E-state index in [1.807, 2.05) is 44.3 Å². The van der Waals surface area contributed by atoms with Crippen LogP contribution in [0.25, 0.3) is 0 Å². The molecule has 0 fully saturated rings. The number of aromatic nitrogens is 3. The fourth-order valence-corrected chi connectivity index (χ4v) is 2.40. The number of nitrogens with one attached hydrogen (secondary N) is 1. The zero-order chi connectivity index (χ0) is 15.6. The summed E-state index contributed by atoms with van der Waals surface area (Å²) in [6.07, 6.45) is 5.76. The lowest BCUT2D eigenvalue weighted by Crippen LogP contribution is -2.17. The van der Waals surface area contributed by atoms with Gasteiger partial charge in [-0.05, 0) is 6.07 Å². The fraction of sp³-hybridized carbons (Fsp3) is 0.500. The highest BCUT2D eigenvalue weighted by molar-refractivity contribution is 5.68. The molecule has 5 heteroatoms. The minimum absolute atomic E-state index is 0.0393. The summed E-state index contributed by atoms with van der Waals surface area (Å²) in [6, 6.07) is 2.01. The maximum atomic E-state index is 4.60. The summed E-state index contributed by atoms with van der Waals surface area (Å²) in [7, 11) is 6.03. The Morgan fingerprint density at radius 3 is 2.62 bits per heavy atom. The number of hydrogen-bond donors (Lipinski definition) is 1. The van der Waals surface area contributed by atoms with Crippen molar-refractivity contribution in [3.63, 3.8) is 0 Å². The van der Waals surface area contributed by atoms with Gasteiger partial charge in [0.05, 0.1) is 23.3 Å². The van der Waals surface area contributed by atoms with E-state index in [9.17, 15) is 0 Å². The van der Waals surface area contributed by atoms with Crippen LogP contribution < -0.4 is 10.2 Å². The van der Waals surface area contributed by atoms with Crippen LogP contribution >= 0.6 is 0 Å². The van der Waals surface area contributed by atoms with Gasteiger partial charge in [0, 0.05) is 51.1 Å². The molecule has 0 amide bonds. The van der Waals surface area contributed by atoms with Gasteiger partial charge in [0.15, 0.2) is 0 Å². The van der Waals surface area contributed by atoms with Crippen LogP contribution in [0.2, 0.25) is 0 Å². The van der Waals surface area contributed by atoms with Crippen LogP contribution in [0.4, 0.5) is 11.4 Å². The minimum Gasteiger partial charge on any atom is -0.378 e. The van der Waals surface area contributed by atoms with Gasteiger partial charge >= 0.3 is 0 Å². The van der Waals surface area contributed by atoms with Gasteiger partial charge in [-0.25, -0.2) is 0 Å². The average Bonchev–Trinajstić information content (AvgIpc) is 2.78. The number of nitrogens with zero attached hydrogens (tertiary/aromatic N) is 4.